The lowest BCUT2D eigenvalue weighted by atomic mass is 9.98. The Morgan fingerprint density at radius 3 is 2.56 bits per heavy atom. The van der Waals surface area contributed by atoms with Gasteiger partial charge in [0, 0.05) is 12.3 Å². The van der Waals surface area contributed by atoms with Crippen molar-refractivity contribution >= 4 is 6.08 Å². The molecule has 0 amide bonds. The van der Waals surface area contributed by atoms with Gasteiger partial charge < -0.3 is 10.2 Å². The van der Waals surface area contributed by atoms with Gasteiger partial charge in [0.1, 0.15) is 5.75 Å². The summed E-state index contributed by atoms with van der Waals surface area (Å²) in [4.78, 5) is 0. The maximum absolute atomic E-state index is 9.36. The van der Waals surface area contributed by atoms with Crippen molar-refractivity contribution in [1.82, 2.24) is 0 Å². The van der Waals surface area contributed by atoms with Crippen molar-refractivity contribution in [1.29, 1.82) is 0 Å². The average Bonchev–Trinajstić information content (AvgIpc) is 2.28. The molecule has 1 aromatic carbocycles. The van der Waals surface area contributed by atoms with E-state index >= 15 is 0 Å². The molecule has 1 aromatic rings. The molecule has 2 heteroatoms. The molecule has 0 saturated heterocycles. The molecule has 0 radical (unpaired) electrons. The first-order valence-electron chi connectivity index (χ1n) is 5.27. The summed E-state index contributed by atoms with van der Waals surface area (Å²) in [7, 11) is 0. The van der Waals surface area contributed by atoms with Gasteiger partial charge in [-0.15, -0.1) is 0 Å². The number of aliphatic hydroxyl groups excluding tert-OH is 1. The standard InChI is InChI=1S/C14H14O2/c15-13-8-6-11(7-9-13)4-5-12-2-1-3-14(16)10-12/h1-9,12,15-16H,10H2. The first-order chi connectivity index (χ1) is 7.74. The summed E-state index contributed by atoms with van der Waals surface area (Å²) in [6.07, 6.45) is 10.3. The van der Waals surface area contributed by atoms with Gasteiger partial charge in [0.25, 0.3) is 0 Å². The normalized spacial score (nSPS) is 20.0. The fraction of sp³-hybridized carbons (Fsp3) is 0.143. The van der Waals surface area contributed by atoms with Crippen molar-refractivity contribution in [3.63, 3.8) is 0 Å². The molecule has 0 fully saturated rings. The van der Waals surface area contributed by atoms with Crippen LogP contribution in [0.2, 0.25) is 0 Å². The molecule has 0 saturated carbocycles. The van der Waals surface area contributed by atoms with E-state index in [9.17, 15) is 5.11 Å². The van der Waals surface area contributed by atoms with E-state index < -0.39 is 0 Å². The third-order valence-corrected chi connectivity index (χ3v) is 2.52. The van der Waals surface area contributed by atoms with Crippen molar-refractivity contribution in [2.24, 2.45) is 5.92 Å². The Morgan fingerprint density at radius 1 is 1.12 bits per heavy atom. The fourth-order valence-corrected chi connectivity index (χ4v) is 1.64. The number of aromatic hydroxyl groups is 1. The lowest BCUT2D eigenvalue weighted by Crippen LogP contribution is -1.97. The second kappa shape index (κ2) is 4.71. The van der Waals surface area contributed by atoms with E-state index in [-0.39, 0.29) is 11.7 Å². The van der Waals surface area contributed by atoms with Crippen molar-refractivity contribution in [2.45, 2.75) is 6.42 Å². The minimum absolute atomic E-state index is 0.249. The summed E-state index contributed by atoms with van der Waals surface area (Å²) in [5.41, 5.74) is 1.04. The number of rotatable bonds is 2. The van der Waals surface area contributed by atoms with Gasteiger partial charge in [-0.05, 0) is 23.8 Å². The number of benzene rings is 1. The van der Waals surface area contributed by atoms with E-state index in [0.29, 0.717) is 12.2 Å². The predicted octanol–water partition coefficient (Wildman–Crippen LogP) is 3.42. The molecule has 2 nitrogen and oxygen atoms in total. The molecule has 0 heterocycles. The largest absolute Gasteiger partial charge is 0.512 e. The van der Waals surface area contributed by atoms with Crippen LogP contribution in [0.15, 0.2) is 54.3 Å². The van der Waals surface area contributed by atoms with E-state index in [1.54, 1.807) is 18.2 Å². The SMILES string of the molecule is OC1=CC=CC(C=Cc2ccc(O)cc2)C1. The highest BCUT2D eigenvalue weighted by molar-refractivity contribution is 5.51. The summed E-state index contributed by atoms with van der Waals surface area (Å²) < 4.78 is 0. The molecule has 2 N–H and O–H groups in total. The molecule has 0 bridgehead atoms. The average molecular weight is 214 g/mol. The highest BCUT2D eigenvalue weighted by atomic mass is 16.3. The van der Waals surface area contributed by atoms with Crippen molar-refractivity contribution in [2.75, 3.05) is 0 Å². The van der Waals surface area contributed by atoms with Crippen LogP contribution in [0, 0.1) is 5.92 Å². The van der Waals surface area contributed by atoms with Crippen molar-refractivity contribution < 1.29 is 10.2 Å². The van der Waals surface area contributed by atoms with E-state index in [0.717, 1.165) is 5.56 Å². The van der Waals surface area contributed by atoms with Crippen LogP contribution in [-0.2, 0) is 0 Å². The number of allylic oxidation sites excluding steroid dienone is 5. The molecule has 2 rings (SSSR count). The molecule has 1 aliphatic rings. The van der Waals surface area contributed by atoms with Gasteiger partial charge in [-0.2, -0.15) is 0 Å². The smallest absolute Gasteiger partial charge is 0.115 e. The zero-order valence-corrected chi connectivity index (χ0v) is 8.88. The first-order valence-corrected chi connectivity index (χ1v) is 5.27. The molecule has 1 atom stereocenters. The van der Waals surface area contributed by atoms with Gasteiger partial charge in [0.05, 0.1) is 5.76 Å². The van der Waals surface area contributed by atoms with E-state index in [2.05, 4.69) is 6.08 Å². The van der Waals surface area contributed by atoms with Crippen LogP contribution in [0.3, 0.4) is 0 Å². The monoisotopic (exact) mass is 214 g/mol. The Labute approximate surface area is 94.9 Å². The number of hydrogen-bond donors (Lipinski definition) is 2. The van der Waals surface area contributed by atoms with Gasteiger partial charge in [-0.1, -0.05) is 36.4 Å². The highest BCUT2D eigenvalue weighted by Gasteiger charge is 2.06. The number of aliphatic hydroxyl groups is 1. The van der Waals surface area contributed by atoms with Gasteiger partial charge in [-0.3, -0.25) is 0 Å². The second-order valence-electron chi connectivity index (χ2n) is 3.86. The first kappa shape index (κ1) is 10.6. The molecule has 0 aromatic heterocycles. The Bertz CT molecular complexity index is 438. The number of phenols is 1. The van der Waals surface area contributed by atoms with Crippen molar-refractivity contribution in [3.8, 4) is 5.75 Å². The Kier molecular flexibility index (Phi) is 3.10. The Balaban J connectivity index is 2.02. The topological polar surface area (TPSA) is 40.5 Å². The maximum Gasteiger partial charge on any atom is 0.115 e. The van der Waals surface area contributed by atoms with E-state index in [1.807, 2.05) is 30.4 Å². The van der Waals surface area contributed by atoms with Crippen LogP contribution >= 0.6 is 0 Å². The number of hydrogen-bond acceptors (Lipinski definition) is 2. The van der Waals surface area contributed by atoms with Gasteiger partial charge in [0.15, 0.2) is 0 Å². The minimum atomic E-state index is 0.249. The molecule has 16 heavy (non-hydrogen) atoms. The van der Waals surface area contributed by atoms with Crippen LogP contribution in [0.4, 0.5) is 0 Å². The second-order valence-corrected chi connectivity index (χ2v) is 3.86. The zero-order chi connectivity index (χ0) is 11.4. The summed E-state index contributed by atoms with van der Waals surface area (Å²) in [6, 6.07) is 7.03. The van der Waals surface area contributed by atoms with Gasteiger partial charge in [0.2, 0.25) is 0 Å². The Morgan fingerprint density at radius 2 is 1.88 bits per heavy atom. The number of phenolic OH excluding ortho intramolecular Hbond substituents is 1. The lowest BCUT2D eigenvalue weighted by Gasteiger charge is -2.10. The molecular formula is C14H14O2. The quantitative estimate of drug-likeness (QED) is 0.791. The van der Waals surface area contributed by atoms with Crippen LogP contribution in [0.5, 0.6) is 5.75 Å². The van der Waals surface area contributed by atoms with Crippen molar-refractivity contribution in [3.05, 3.63) is 59.9 Å². The van der Waals surface area contributed by atoms with Crippen LogP contribution in [-0.4, -0.2) is 10.2 Å². The predicted molar refractivity (Wildman–Crippen MR) is 65.1 cm³/mol. The zero-order valence-electron chi connectivity index (χ0n) is 8.88. The van der Waals surface area contributed by atoms with Gasteiger partial charge in [-0.25, -0.2) is 0 Å². The van der Waals surface area contributed by atoms with Crippen LogP contribution in [0.1, 0.15) is 12.0 Å². The summed E-state index contributed by atoms with van der Waals surface area (Å²) in [5, 5.41) is 18.5. The molecule has 1 unspecified atom stereocenters. The van der Waals surface area contributed by atoms with Gasteiger partial charge >= 0.3 is 0 Å². The summed E-state index contributed by atoms with van der Waals surface area (Å²) in [5.74, 6) is 0.942. The lowest BCUT2D eigenvalue weighted by molar-refractivity contribution is 0.376. The third kappa shape index (κ3) is 2.76. The summed E-state index contributed by atoms with van der Waals surface area (Å²) >= 11 is 0. The maximum atomic E-state index is 9.36. The Hall–Kier alpha value is -1.96. The highest BCUT2D eigenvalue weighted by Crippen LogP contribution is 2.19. The molecule has 1 aliphatic carbocycles. The third-order valence-electron chi connectivity index (χ3n) is 2.52. The fourth-order valence-electron chi connectivity index (χ4n) is 1.64. The molecular weight excluding hydrogens is 200 g/mol. The van der Waals surface area contributed by atoms with Crippen LogP contribution in [0.25, 0.3) is 6.08 Å². The molecule has 82 valence electrons. The minimum Gasteiger partial charge on any atom is -0.512 e. The molecule has 0 spiro atoms. The molecule has 0 aliphatic heterocycles. The van der Waals surface area contributed by atoms with E-state index in [4.69, 9.17) is 5.11 Å². The summed E-state index contributed by atoms with van der Waals surface area (Å²) in [6.45, 7) is 0. The van der Waals surface area contributed by atoms with E-state index in [1.165, 1.54) is 0 Å². The van der Waals surface area contributed by atoms with Crippen LogP contribution < -0.4 is 0 Å².